The highest BCUT2D eigenvalue weighted by atomic mass is 79.9. The maximum atomic E-state index is 14.1. The van der Waals surface area contributed by atoms with Crippen LogP contribution in [0.15, 0.2) is 106 Å². The summed E-state index contributed by atoms with van der Waals surface area (Å²) in [6.07, 6.45) is 0.550. The molecule has 7 heteroatoms. The number of carbonyl (C=O) groups is 1. The van der Waals surface area contributed by atoms with Crippen molar-refractivity contribution in [2.75, 3.05) is 5.32 Å². The lowest BCUT2D eigenvalue weighted by atomic mass is 10.1. The summed E-state index contributed by atoms with van der Waals surface area (Å²) in [5.74, 6) is 0.515. The lowest BCUT2D eigenvalue weighted by molar-refractivity contribution is 0.177. The molecule has 1 unspecified atom stereocenters. The second kappa shape index (κ2) is 11.9. The van der Waals surface area contributed by atoms with Crippen molar-refractivity contribution in [2.24, 2.45) is 0 Å². The summed E-state index contributed by atoms with van der Waals surface area (Å²) in [6.45, 7) is 6.33. The Labute approximate surface area is 242 Å². The summed E-state index contributed by atoms with van der Waals surface area (Å²) in [5.41, 5.74) is 4.86. The highest BCUT2D eigenvalue weighted by Crippen LogP contribution is 2.30. The Hall–Kier alpha value is -4.23. The van der Waals surface area contributed by atoms with Crippen LogP contribution in [0.4, 0.5) is 10.5 Å². The quantitative estimate of drug-likeness (QED) is 0.208. The molecule has 0 saturated carbocycles. The molecule has 6 nitrogen and oxygen atoms in total. The predicted octanol–water partition coefficient (Wildman–Crippen LogP) is 7.95. The minimum absolute atomic E-state index is 0.170. The first-order valence-electron chi connectivity index (χ1n) is 13.3. The molecule has 202 valence electrons. The van der Waals surface area contributed by atoms with E-state index in [0.29, 0.717) is 35.4 Å². The summed E-state index contributed by atoms with van der Waals surface area (Å²) in [5, 5.41) is 3.69. The first-order chi connectivity index (χ1) is 19.4. The zero-order chi connectivity index (χ0) is 28.2. The molecule has 1 atom stereocenters. The third-order valence-electron chi connectivity index (χ3n) is 7.12. The zero-order valence-corrected chi connectivity index (χ0v) is 24.4. The van der Waals surface area contributed by atoms with Crippen molar-refractivity contribution in [1.82, 2.24) is 14.5 Å². The number of halogens is 1. The molecule has 0 spiro atoms. The van der Waals surface area contributed by atoms with E-state index in [1.807, 2.05) is 112 Å². The van der Waals surface area contributed by atoms with Gasteiger partial charge in [-0.2, -0.15) is 0 Å². The number of aromatic nitrogens is 2. The van der Waals surface area contributed by atoms with E-state index in [1.54, 1.807) is 15.5 Å². The normalized spacial score (nSPS) is 11.8. The largest absolute Gasteiger partial charge is 0.322 e. The van der Waals surface area contributed by atoms with Gasteiger partial charge in [0.05, 0.1) is 22.6 Å². The van der Waals surface area contributed by atoms with Gasteiger partial charge in [0, 0.05) is 16.7 Å². The van der Waals surface area contributed by atoms with E-state index < -0.39 is 6.04 Å². The summed E-state index contributed by atoms with van der Waals surface area (Å²) in [7, 11) is 0. The van der Waals surface area contributed by atoms with Crippen molar-refractivity contribution < 1.29 is 4.79 Å². The standard InChI is InChI=1S/C33H31BrN4O2/c1-4-29(31-35-28-16-9-8-15-27(28)32(39)38(31)26-19-17-25(34)18-20-26)37(21-24-13-6-5-7-14-24)33(40)36-30-22(2)11-10-12-23(30)3/h5-20,29H,4,21H2,1-3H3,(H,36,40). The number of hydrogen-bond donors (Lipinski definition) is 1. The number of benzene rings is 4. The molecule has 0 fully saturated rings. The van der Waals surface area contributed by atoms with E-state index in [0.717, 1.165) is 26.9 Å². The Kier molecular flexibility index (Phi) is 8.12. The highest BCUT2D eigenvalue weighted by molar-refractivity contribution is 9.10. The molecule has 0 radical (unpaired) electrons. The summed E-state index contributed by atoms with van der Waals surface area (Å²) in [6, 6.07) is 30.0. The highest BCUT2D eigenvalue weighted by Gasteiger charge is 2.30. The smallest absolute Gasteiger partial charge is 0.310 e. The number of amides is 2. The van der Waals surface area contributed by atoms with Crippen LogP contribution in [-0.2, 0) is 6.54 Å². The number of hydrogen-bond acceptors (Lipinski definition) is 3. The lowest BCUT2D eigenvalue weighted by Crippen LogP contribution is -2.40. The fraction of sp³-hybridized carbons (Fsp3) is 0.182. The fourth-order valence-corrected chi connectivity index (χ4v) is 5.31. The molecule has 5 aromatic rings. The number of rotatable bonds is 7. The van der Waals surface area contributed by atoms with E-state index in [9.17, 15) is 9.59 Å². The Morgan fingerprint density at radius 3 is 2.23 bits per heavy atom. The van der Waals surface area contributed by atoms with Gasteiger partial charge in [0.1, 0.15) is 5.82 Å². The summed E-state index contributed by atoms with van der Waals surface area (Å²) >= 11 is 3.50. The minimum atomic E-state index is -0.495. The maximum Gasteiger partial charge on any atom is 0.322 e. The van der Waals surface area contributed by atoms with Crippen LogP contribution in [0.1, 0.15) is 41.9 Å². The van der Waals surface area contributed by atoms with Crippen LogP contribution >= 0.6 is 15.9 Å². The number of para-hydroxylation sites is 2. The first-order valence-corrected chi connectivity index (χ1v) is 14.1. The average Bonchev–Trinajstić information content (AvgIpc) is 2.96. The molecule has 4 aromatic carbocycles. The second-order valence-corrected chi connectivity index (χ2v) is 10.8. The molecule has 0 bridgehead atoms. The van der Waals surface area contributed by atoms with E-state index in [4.69, 9.17) is 4.98 Å². The lowest BCUT2D eigenvalue weighted by Gasteiger charge is -2.33. The van der Waals surface area contributed by atoms with E-state index in [-0.39, 0.29) is 11.6 Å². The van der Waals surface area contributed by atoms with Gasteiger partial charge in [-0.3, -0.25) is 9.36 Å². The van der Waals surface area contributed by atoms with Crippen molar-refractivity contribution in [2.45, 2.75) is 39.8 Å². The van der Waals surface area contributed by atoms with Crippen molar-refractivity contribution in [3.8, 4) is 5.69 Å². The van der Waals surface area contributed by atoms with Gasteiger partial charge in [-0.25, -0.2) is 9.78 Å². The van der Waals surface area contributed by atoms with E-state index >= 15 is 0 Å². The molecular formula is C33H31BrN4O2. The summed E-state index contributed by atoms with van der Waals surface area (Å²) in [4.78, 5) is 34.9. The molecule has 1 aromatic heterocycles. The average molecular weight is 596 g/mol. The van der Waals surface area contributed by atoms with Gasteiger partial charge in [0.25, 0.3) is 5.56 Å². The molecular weight excluding hydrogens is 564 g/mol. The number of urea groups is 1. The molecule has 0 saturated heterocycles. The van der Waals surface area contributed by atoms with Gasteiger partial charge >= 0.3 is 6.03 Å². The Bertz CT molecular complexity index is 1700. The maximum absolute atomic E-state index is 14.1. The molecule has 40 heavy (non-hydrogen) atoms. The molecule has 0 aliphatic rings. The van der Waals surface area contributed by atoms with Crippen LogP contribution in [0.2, 0.25) is 0 Å². The van der Waals surface area contributed by atoms with Crippen molar-refractivity contribution >= 4 is 38.6 Å². The molecule has 0 aliphatic heterocycles. The van der Waals surface area contributed by atoms with Crippen LogP contribution in [0.5, 0.6) is 0 Å². The van der Waals surface area contributed by atoms with Gasteiger partial charge in [0.2, 0.25) is 0 Å². The zero-order valence-electron chi connectivity index (χ0n) is 22.8. The van der Waals surface area contributed by atoms with Gasteiger partial charge in [-0.1, -0.05) is 83.5 Å². The van der Waals surface area contributed by atoms with Crippen LogP contribution in [-0.4, -0.2) is 20.5 Å². The fourth-order valence-electron chi connectivity index (χ4n) is 5.05. The van der Waals surface area contributed by atoms with Gasteiger partial charge in [-0.15, -0.1) is 0 Å². The van der Waals surface area contributed by atoms with E-state index in [1.165, 1.54) is 0 Å². The molecule has 1 heterocycles. The Morgan fingerprint density at radius 1 is 0.900 bits per heavy atom. The van der Waals surface area contributed by atoms with E-state index in [2.05, 4.69) is 21.2 Å². The number of anilines is 1. The van der Waals surface area contributed by atoms with Crippen molar-refractivity contribution in [1.29, 1.82) is 0 Å². The molecule has 2 amide bonds. The molecule has 5 rings (SSSR count). The second-order valence-electron chi connectivity index (χ2n) is 9.84. The Morgan fingerprint density at radius 2 is 1.55 bits per heavy atom. The van der Waals surface area contributed by atoms with Gasteiger partial charge in [-0.05, 0) is 73.4 Å². The molecule has 0 aliphatic carbocycles. The van der Waals surface area contributed by atoms with Crippen molar-refractivity contribution in [3.05, 3.63) is 134 Å². The third-order valence-corrected chi connectivity index (χ3v) is 7.65. The molecule has 1 N–H and O–H groups in total. The predicted molar refractivity (Wildman–Crippen MR) is 165 cm³/mol. The van der Waals surface area contributed by atoms with Crippen LogP contribution < -0.4 is 10.9 Å². The van der Waals surface area contributed by atoms with Crippen molar-refractivity contribution in [3.63, 3.8) is 0 Å². The number of fused-ring (bicyclic) bond motifs is 1. The topological polar surface area (TPSA) is 67.2 Å². The van der Waals surface area contributed by atoms with Gasteiger partial charge in [0.15, 0.2) is 0 Å². The monoisotopic (exact) mass is 594 g/mol. The van der Waals surface area contributed by atoms with Crippen LogP contribution in [0.3, 0.4) is 0 Å². The number of nitrogens with one attached hydrogen (secondary N) is 1. The third kappa shape index (κ3) is 5.56. The Balaban J connectivity index is 1.69. The first kappa shape index (κ1) is 27.3. The summed E-state index contributed by atoms with van der Waals surface area (Å²) < 4.78 is 2.55. The number of nitrogens with zero attached hydrogens (tertiary/aromatic N) is 3. The van der Waals surface area contributed by atoms with Crippen LogP contribution in [0, 0.1) is 13.8 Å². The van der Waals surface area contributed by atoms with Gasteiger partial charge < -0.3 is 10.2 Å². The number of aryl methyl sites for hydroxylation is 2. The number of carbonyl (C=O) groups excluding carboxylic acids is 1. The van der Waals surface area contributed by atoms with Crippen LogP contribution in [0.25, 0.3) is 16.6 Å². The SMILES string of the molecule is CCC(c1nc2ccccc2c(=O)n1-c1ccc(Br)cc1)N(Cc1ccccc1)C(=O)Nc1c(C)cccc1C. The minimum Gasteiger partial charge on any atom is -0.310 e.